The Morgan fingerprint density at radius 2 is 1.85 bits per heavy atom. The van der Waals surface area contributed by atoms with Gasteiger partial charge in [0.25, 0.3) is 0 Å². The number of piperidine rings is 1. The van der Waals surface area contributed by atoms with Gasteiger partial charge in [0.05, 0.1) is 24.9 Å². The number of amides is 1. The van der Waals surface area contributed by atoms with Crippen LogP contribution in [0.4, 0.5) is 18.9 Å². The second-order valence-corrected chi connectivity index (χ2v) is 7.82. The highest BCUT2D eigenvalue weighted by molar-refractivity contribution is 5.93. The number of nitrogens with zero attached hydrogens (tertiary/aromatic N) is 3. The van der Waals surface area contributed by atoms with Crippen molar-refractivity contribution in [3.05, 3.63) is 60.0 Å². The van der Waals surface area contributed by atoms with Gasteiger partial charge in [-0.1, -0.05) is 17.3 Å². The number of halogens is 3. The van der Waals surface area contributed by atoms with Gasteiger partial charge in [0.15, 0.2) is 0 Å². The van der Waals surface area contributed by atoms with E-state index in [2.05, 4.69) is 20.4 Å². The topological polar surface area (TPSA) is 80.5 Å². The Kier molecular flexibility index (Phi) is 6.64. The van der Waals surface area contributed by atoms with Crippen LogP contribution in [-0.4, -0.2) is 41.1 Å². The van der Waals surface area contributed by atoms with Crippen molar-refractivity contribution in [1.82, 2.24) is 15.0 Å². The van der Waals surface area contributed by atoms with Gasteiger partial charge < -0.3 is 14.6 Å². The van der Waals surface area contributed by atoms with E-state index in [-0.39, 0.29) is 11.6 Å². The molecule has 0 spiro atoms. The molecule has 2 aromatic carbocycles. The number of nitrogens with one attached hydrogen (secondary N) is 1. The van der Waals surface area contributed by atoms with Gasteiger partial charge in [-0.25, -0.2) is 0 Å². The summed E-state index contributed by atoms with van der Waals surface area (Å²) in [7, 11) is 1.59. The van der Waals surface area contributed by atoms with E-state index in [1.54, 1.807) is 7.11 Å². The number of hydrogen-bond acceptors (Lipinski definition) is 6. The van der Waals surface area contributed by atoms with Gasteiger partial charge in [-0.05, 0) is 62.3 Å². The highest BCUT2D eigenvalue weighted by Crippen LogP contribution is 2.35. The van der Waals surface area contributed by atoms with E-state index in [1.807, 2.05) is 24.3 Å². The Morgan fingerprint density at radius 1 is 1.15 bits per heavy atom. The number of alkyl halides is 3. The van der Waals surface area contributed by atoms with Crippen LogP contribution in [0.25, 0.3) is 11.4 Å². The standard InChI is InChI=1S/C23H23F3N4O3/c1-32-17-8-6-15(7-9-17)21-28-20(33-29-21)14-30-12-10-16(11-13-30)22(31)27-19-5-3-2-4-18(19)23(24,25)26/h2-9,16H,10-14H2,1H3,(H,27,31). The maximum Gasteiger partial charge on any atom is 0.418 e. The lowest BCUT2D eigenvalue weighted by atomic mass is 9.95. The van der Waals surface area contributed by atoms with Crippen molar-refractivity contribution < 1.29 is 27.2 Å². The minimum Gasteiger partial charge on any atom is -0.497 e. The van der Waals surface area contributed by atoms with E-state index in [1.165, 1.54) is 18.2 Å². The predicted octanol–water partition coefficient (Wildman–Crippen LogP) is 4.61. The molecule has 174 valence electrons. The van der Waals surface area contributed by atoms with E-state index in [4.69, 9.17) is 9.26 Å². The molecular formula is C23H23F3N4O3. The van der Waals surface area contributed by atoms with Crippen LogP contribution in [-0.2, 0) is 17.5 Å². The highest BCUT2D eigenvalue weighted by Gasteiger charge is 2.34. The van der Waals surface area contributed by atoms with Crippen molar-refractivity contribution >= 4 is 11.6 Å². The van der Waals surface area contributed by atoms with Crippen LogP contribution in [0.1, 0.15) is 24.3 Å². The van der Waals surface area contributed by atoms with Crippen LogP contribution in [0.15, 0.2) is 53.1 Å². The molecule has 1 fully saturated rings. The number of methoxy groups -OCH3 is 1. The summed E-state index contributed by atoms with van der Waals surface area (Å²) in [5.41, 5.74) is -0.255. The van der Waals surface area contributed by atoms with E-state index < -0.39 is 17.6 Å². The number of benzene rings is 2. The van der Waals surface area contributed by atoms with Crippen molar-refractivity contribution in [2.75, 3.05) is 25.5 Å². The Hall–Kier alpha value is -3.40. The van der Waals surface area contributed by atoms with Crippen LogP contribution < -0.4 is 10.1 Å². The third-order valence-corrected chi connectivity index (χ3v) is 5.62. The van der Waals surface area contributed by atoms with Crippen molar-refractivity contribution in [3.8, 4) is 17.1 Å². The average molecular weight is 460 g/mol. The molecule has 0 saturated carbocycles. The third kappa shape index (κ3) is 5.51. The summed E-state index contributed by atoms with van der Waals surface area (Å²) >= 11 is 0. The van der Waals surface area contributed by atoms with E-state index in [0.29, 0.717) is 44.2 Å². The molecule has 1 aliphatic rings. The average Bonchev–Trinajstić information content (AvgIpc) is 3.27. The molecule has 0 aliphatic carbocycles. The number of hydrogen-bond donors (Lipinski definition) is 1. The number of carbonyl (C=O) groups excluding carboxylic acids is 1. The molecule has 33 heavy (non-hydrogen) atoms. The molecule has 10 heteroatoms. The highest BCUT2D eigenvalue weighted by atomic mass is 19.4. The Morgan fingerprint density at radius 3 is 2.52 bits per heavy atom. The van der Waals surface area contributed by atoms with Crippen LogP contribution in [0.5, 0.6) is 5.75 Å². The smallest absolute Gasteiger partial charge is 0.418 e. The maximum atomic E-state index is 13.2. The predicted molar refractivity (Wildman–Crippen MR) is 114 cm³/mol. The summed E-state index contributed by atoms with van der Waals surface area (Å²) in [6, 6.07) is 12.3. The van der Waals surface area contributed by atoms with Gasteiger partial charge in [0.1, 0.15) is 5.75 Å². The van der Waals surface area contributed by atoms with Gasteiger partial charge in [-0.2, -0.15) is 18.2 Å². The van der Waals surface area contributed by atoms with Crippen molar-refractivity contribution in [3.63, 3.8) is 0 Å². The summed E-state index contributed by atoms with van der Waals surface area (Å²) in [6.45, 7) is 1.63. The molecule has 3 aromatic rings. The first-order chi connectivity index (χ1) is 15.8. The van der Waals surface area contributed by atoms with E-state index >= 15 is 0 Å². The summed E-state index contributed by atoms with van der Waals surface area (Å²) in [4.78, 5) is 19.1. The Balaban J connectivity index is 1.31. The first-order valence-electron chi connectivity index (χ1n) is 10.5. The Labute approximate surface area is 188 Å². The molecule has 0 bridgehead atoms. The van der Waals surface area contributed by atoms with Crippen LogP contribution in [0.2, 0.25) is 0 Å². The zero-order valence-electron chi connectivity index (χ0n) is 17.9. The minimum absolute atomic E-state index is 0.214. The molecule has 7 nitrogen and oxygen atoms in total. The number of carbonyl (C=O) groups is 1. The van der Waals surface area contributed by atoms with Crippen molar-refractivity contribution in [1.29, 1.82) is 0 Å². The van der Waals surface area contributed by atoms with Gasteiger partial charge in [0.2, 0.25) is 17.6 Å². The fraction of sp³-hybridized carbons (Fsp3) is 0.348. The zero-order valence-corrected chi connectivity index (χ0v) is 17.9. The molecule has 1 amide bonds. The molecule has 1 aliphatic heterocycles. The number of para-hydroxylation sites is 1. The minimum atomic E-state index is -4.53. The molecule has 2 heterocycles. The number of rotatable bonds is 6. The Bertz CT molecular complexity index is 1090. The molecule has 1 N–H and O–H groups in total. The molecule has 4 rings (SSSR count). The lowest BCUT2D eigenvalue weighted by Gasteiger charge is -2.30. The SMILES string of the molecule is COc1ccc(-c2noc(CN3CCC(C(=O)Nc4ccccc4C(F)(F)F)CC3)n2)cc1. The lowest BCUT2D eigenvalue weighted by molar-refractivity contribution is -0.137. The second-order valence-electron chi connectivity index (χ2n) is 7.82. The third-order valence-electron chi connectivity index (χ3n) is 5.62. The van der Waals surface area contributed by atoms with Gasteiger partial charge in [-0.15, -0.1) is 0 Å². The summed E-state index contributed by atoms with van der Waals surface area (Å²) < 4.78 is 50.0. The molecule has 0 atom stereocenters. The van der Waals surface area contributed by atoms with Crippen molar-refractivity contribution in [2.24, 2.45) is 5.92 Å². The summed E-state index contributed by atoms with van der Waals surface area (Å²) in [6.07, 6.45) is -3.47. The molecule has 0 radical (unpaired) electrons. The second kappa shape index (κ2) is 9.62. The molecular weight excluding hydrogens is 437 g/mol. The van der Waals surface area contributed by atoms with E-state index in [0.717, 1.165) is 17.4 Å². The van der Waals surface area contributed by atoms with Crippen LogP contribution in [0.3, 0.4) is 0 Å². The lowest BCUT2D eigenvalue weighted by Crippen LogP contribution is -2.38. The van der Waals surface area contributed by atoms with E-state index in [9.17, 15) is 18.0 Å². The first-order valence-corrected chi connectivity index (χ1v) is 10.5. The fourth-order valence-corrected chi connectivity index (χ4v) is 3.80. The van der Waals surface area contributed by atoms with Crippen LogP contribution in [0, 0.1) is 5.92 Å². The maximum absolute atomic E-state index is 13.2. The number of anilines is 1. The van der Waals surface area contributed by atoms with Gasteiger partial charge >= 0.3 is 6.18 Å². The summed E-state index contributed by atoms with van der Waals surface area (Å²) in [5.74, 6) is 0.912. The monoisotopic (exact) mass is 460 g/mol. The van der Waals surface area contributed by atoms with Gasteiger partial charge in [-0.3, -0.25) is 9.69 Å². The van der Waals surface area contributed by atoms with Crippen molar-refractivity contribution in [2.45, 2.75) is 25.6 Å². The summed E-state index contributed by atoms with van der Waals surface area (Å²) in [5, 5.41) is 6.47. The van der Waals surface area contributed by atoms with Crippen LogP contribution >= 0.6 is 0 Å². The molecule has 1 aromatic heterocycles. The molecule has 0 unspecified atom stereocenters. The zero-order chi connectivity index (χ0) is 23.4. The quantitative estimate of drug-likeness (QED) is 0.579. The molecule has 1 saturated heterocycles. The fourth-order valence-electron chi connectivity index (χ4n) is 3.80. The number of ether oxygens (including phenoxy) is 1. The van der Waals surface area contributed by atoms with Gasteiger partial charge in [0, 0.05) is 11.5 Å². The number of aromatic nitrogens is 2. The number of likely N-dealkylation sites (tertiary alicyclic amines) is 1. The largest absolute Gasteiger partial charge is 0.497 e. The normalized spacial score (nSPS) is 15.4. The first kappa shape index (κ1) is 22.8.